The first-order valence-electron chi connectivity index (χ1n) is 10.6. The molecule has 30 heavy (non-hydrogen) atoms. The van der Waals surface area contributed by atoms with E-state index in [-0.39, 0.29) is 5.91 Å². The van der Waals surface area contributed by atoms with Crippen molar-refractivity contribution in [2.45, 2.75) is 45.6 Å². The number of aryl methyl sites for hydroxylation is 1. The Labute approximate surface area is 181 Å². The van der Waals surface area contributed by atoms with Crippen molar-refractivity contribution in [2.24, 2.45) is 0 Å². The number of pyridine rings is 1. The summed E-state index contributed by atoms with van der Waals surface area (Å²) in [6.07, 6.45) is 9.16. The maximum Gasteiger partial charge on any atom is 0.258 e. The number of hydrogen-bond acceptors (Lipinski definition) is 5. The van der Waals surface area contributed by atoms with Crippen molar-refractivity contribution in [3.05, 3.63) is 70.4 Å². The number of amides is 1. The third-order valence-corrected chi connectivity index (χ3v) is 6.52. The van der Waals surface area contributed by atoms with Gasteiger partial charge in [0.15, 0.2) is 0 Å². The second-order valence-electron chi connectivity index (χ2n) is 7.39. The molecule has 2 aromatic heterocycles. The number of benzene rings is 1. The van der Waals surface area contributed by atoms with Crippen LogP contribution in [-0.4, -0.2) is 17.5 Å². The third-order valence-electron chi connectivity index (χ3n) is 5.27. The summed E-state index contributed by atoms with van der Waals surface area (Å²) in [5.74, 6) is 0.760. The highest BCUT2D eigenvalue weighted by Gasteiger charge is 2.24. The molecular formula is C24H27N3O2S. The van der Waals surface area contributed by atoms with Crippen molar-refractivity contribution in [3.63, 3.8) is 0 Å². The van der Waals surface area contributed by atoms with E-state index in [2.05, 4.69) is 15.6 Å². The van der Waals surface area contributed by atoms with Crippen molar-refractivity contribution >= 4 is 27.9 Å². The molecule has 4 rings (SSSR count). The van der Waals surface area contributed by atoms with E-state index in [0.717, 1.165) is 46.8 Å². The number of thiophene rings is 1. The Kier molecular flexibility index (Phi) is 6.64. The van der Waals surface area contributed by atoms with Crippen molar-refractivity contribution < 1.29 is 9.53 Å². The van der Waals surface area contributed by atoms with Gasteiger partial charge in [-0.2, -0.15) is 0 Å². The maximum absolute atomic E-state index is 13.3. The fourth-order valence-corrected chi connectivity index (χ4v) is 5.07. The Morgan fingerprint density at radius 1 is 1.07 bits per heavy atom. The summed E-state index contributed by atoms with van der Waals surface area (Å²) in [5, 5.41) is 7.55. The van der Waals surface area contributed by atoms with Gasteiger partial charge < -0.3 is 15.4 Å². The molecule has 0 spiro atoms. The first-order chi connectivity index (χ1) is 14.7. The minimum absolute atomic E-state index is 0.0456. The van der Waals surface area contributed by atoms with Crippen LogP contribution in [0, 0.1) is 0 Å². The minimum Gasteiger partial charge on any atom is -0.494 e. The van der Waals surface area contributed by atoms with Gasteiger partial charge >= 0.3 is 0 Å². The zero-order valence-electron chi connectivity index (χ0n) is 17.2. The second kappa shape index (κ2) is 9.76. The normalized spacial score (nSPS) is 13.2. The van der Waals surface area contributed by atoms with Crippen LogP contribution in [0.25, 0.3) is 0 Å². The number of aromatic nitrogens is 1. The zero-order chi connectivity index (χ0) is 20.8. The van der Waals surface area contributed by atoms with Crippen LogP contribution < -0.4 is 15.4 Å². The van der Waals surface area contributed by atoms with Gasteiger partial charge in [0.25, 0.3) is 5.91 Å². The summed E-state index contributed by atoms with van der Waals surface area (Å²) < 4.78 is 5.49. The van der Waals surface area contributed by atoms with Crippen LogP contribution in [0.1, 0.15) is 52.5 Å². The molecule has 0 saturated carbocycles. The molecule has 2 N–H and O–H groups in total. The number of ether oxygens (including phenoxy) is 1. The van der Waals surface area contributed by atoms with Gasteiger partial charge in [-0.05, 0) is 80.1 Å². The van der Waals surface area contributed by atoms with Crippen LogP contribution in [0.5, 0.6) is 5.75 Å². The lowest BCUT2D eigenvalue weighted by molar-refractivity contribution is 0.102. The Balaban J connectivity index is 1.57. The predicted octanol–water partition coefficient (Wildman–Crippen LogP) is 5.68. The number of nitrogens with one attached hydrogen (secondary N) is 2. The molecule has 1 aliphatic rings. The van der Waals surface area contributed by atoms with Gasteiger partial charge in [0, 0.05) is 29.5 Å². The van der Waals surface area contributed by atoms with Gasteiger partial charge in [0.1, 0.15) is 10.8 Å². The molecule has 1 aromatic carbocycles. The van der Waals surface area contributed by atoms with Crippen molar-refractivity contribution in [1.82, 2.24) is 4.98 Å². The highest BCUT2D eigenvalue weighted by Crippen LogP contribution is 2.38. The van der Waals surface area contributed by atoms with E-state index in [9.17, 15) is 4.79 Å². The first kappa shape index (κ1) is 20.4. The third kappa shape index (κ3) is 4.82. The largest absolute Gasteiger partial charge is 0.494 e. The Morgan fingerprint density at radius 3 is 2.60 bits per heavy atom. The smallest absolute Gasteiger partial charge is 0.258 e. The van der Waals surface area contributed by atoms with Crippen LogP contribution in [0.4, 0.5) is 10.7 Å². The Bertz CT molecular complexity index is 984. The first-order valence-corrected chi connectivity index (χ1v) is 11.4. The highest BCUT2D eigenvalue weighted by molar-refractivity contribution is 7.16. The number of carbonyl (C=O) groups is 1. The monoisotopic (exact) mass is 421 g/mol. The molecule has 0 atom stereocenters. The quantitative estimate of drug-likeness (QED) is 0.482. The van der Waals surface area contributed by atoms with E-state index >= 15 is 0 Å². The zero-order valence-corrected chi connectivity index (χ0v) is 18.1. The summed E-state index contributed by atoms with van der Waals surface area (Å²) in [7, 11) is 0. The number of rotatable bonds is 7. The summed E-state index contributed by atoms with van der Waals surface area (Å²) in [4.78, 5) is 18.7. The topological polar surface area (TPSA) is 63.2 Å². The van der Waals surface area contributed by atoms with E-state index in [4.69, 9.17) is 4.74 Å². The molecule has 3 aromatic rings. The molecule has 1 amide bonds. The molecule has 1 aliphatic carbocycles. The fourth-order valence-electron chi connectivity index (χ4n) is 3.79. The lowest BCUT2D eigenvalue weighted by Gasteiger charge is -2.11. The van der Waals surface area contributed by atoms with Crippen molar-refractivity contribution in [1.29, 1.82) is 0 Å². The van der Waals surface area contributed by atoms with Gasteiger partial charge in [0.05, 0.1) is 12.2 Å². The molecule has 156 valence electrons. The summed E-state index contributed by atoms with van der Waals surface area (Å²) >= 11 is 1.73. The molecule has 0 fully saturated rings. The molecule has 0 bridgehead atoms. The minimum atomic E-state index is -0.0456. The van der Waals surface area contributed by atoms with E-state index in [1.165, 1.54) is 23.3 Å². The molecule has 0 aliphatic heterocycles. The summed E-state index contributed by atoms with van der Waals surface area (Å²) in [6.45, 7) is 3.25. The van der Waals surface area contributed by atoms with Crippen molar-refractivity contribution in [3.8, 4) is 5.75 Å². The van der Waals surface area contributed by atoms with E-state index in [0.29, 0.717) is 13.2 Å². The molecule has 0 radical (unpaired) electrons. The molecule has 6 heteroatoms. The van der Waals surface area contributed by atoms with Crippen LogP contribution in [-0.2, 0) is 19.4 Å². The molecule has 0 unspecified atom stereocenters. The number of carbonyl (C=O) groups excluding carboxylic acids is 1. The van der Waals surface area contributed by atoms with E-state index in [1.54, 1.807) is 23.7 Å². The average Bonchev–Trinajstić information content (AvgIpc) is 2.96. The van der Waals surface area contributed by atoms with Crippen LogP contribution in [0.2, 0.25) is 0 Å². The van der Waals surface area contributed by atoms with Crippen molar-refractivity contribution in [2.75, 3.05) is 17.2 Å². The average molecular weight is 422 g/mol. The lowest BCUT2D eigenvalue weighted by atomic mass is 10.0. The number of anilines is 2. The Morgan fingerprint density at radius 2 is 1.83 bits per heavy atom. The number of fused-ring (bicyclic) bond motifs is 1. The highest BCUT2D eigenvalue weighted by atomic mass is 32.1. The molecule has 2 heterocycles. The fraction of sp³-hybridized carbons (Fsp3) is 0.333. The summed E-state index contributed by atoms with van der Waals surface area (Å²) in [5.41, 5.74) is 3.95. The second-order valence-corrected chi connectivity index (χ2v) is 8.49. The van der Waals surface area contributed by atoms with Gasteiger partial charge in [-0.1, -0.05) is 6.42 Å². The van der Waals surface area contributed by atoms with Gasteiger partial charge in [-0.3, -0.25) is 9.78 Å². The van der Waals surface area contributed by atoms with Crippen LogP contribution in [0.3, 0.4) is 0 Å². The SMILES string of the molecule is CCOc1ccc(NC(=O)c2c(NCc3ccncc3)sc3c2CCCCC3)cc1. The number of hydrogen-bond donors (Lipinski definition) is 2. The number of nitrogens with zero attached hydrogens (tertiary/aromatic N) is 1. The standard InChI is InChI=1S/C24H27N3O2S/c1-2-29-19-10-8-18(9-11-19)27-23(28)22-20-6-4-3-5-7-21(20)30-24(22)26-16-17-12-14-25-15-13-17/h8-15,26H,2-7,16H2,1H3,(H,27,28). The molecule has 5 nitrogen and oxygen atoms in total. The van der Waals surface area contributed by atoms with Crippen LogP contribution in [0.15, 0.2) is 48.8 Å². The van der Waals surface area contributed by atoms with Gasteiger partial charge in [0.2, 0.25) is 0 Å². The maximum atomic E-state index is 13.3. The van der Waals surface area contributed by atoms with E-state index in [1.807, 2.05) is 43.3 Å². The van der Waals surface area contributed by atoms with Gasteiger partial charge in [-0.25, -0.2) is 0 Å². The lowest BCUT2D eigenvalue weighted by Crippen LogP contribution is -2.15. The Hall–Kier alpha value is -2.86. The van der Waals surface area contributed by atoms with Gasteiger partial charge in [-0.15, -0.1) is 11.3 Å². The summed E-state index contributed by atoms with van der Waals surface area (Å²) in [6, 6.07) is 11.5. The molecular weight excluding hydrogens is 394 g/mol. The van der Waals surface area contributed by atoms with E-state index < -0.39 is 0 Å². The molecule has 0 saturated heterocycles. The van der Waals surface area contributed by atoms with Crippen LogP contribution >= 0.6 is 11.3 Å². The predicted molar refractivity (Wildman–Crippen MR) is 123 cm³/mol.